The molecule has 0 aromatic carbocycles. The normalized spacial score (nSPS) is 24.3. The first-order valence-corrected chi connectivity index (χ1v) is 13.1. The van der Waals surface area contributed by atoms with E-state index in [2.05, 4.69) is 19.1 Å². The lowest BCUT2D eigenvalue weighted by atomic mass is 10.0. The van der Waals surface area contributed by atoms with E-state index in [1.165, 1.54) is 77.0 Å². The van der Waals surface area contributed by atoms with Crippen molar-refractivity contribution in [2.75, 3.05) is 19.8 Å². The van der Waals surface area contributed by atoms with Crippen LogP contribution in [0.3, 0.4) is 0 Å². The van der Waals surface area contributed by atoms with Crippen molar-refractivity contribution in [1.29, 1.82) is 0 Å². The molecule has 1 rings (SSSR count). The zero-order chi connectivity index (χ0) is 22.6. The molecule has 0 spiro atoms. The molecule has 0 aliphatic carbocycles. The Kier molecular flexibility index (Phi) is 18.6. The van der Waals surface area contributed by atoms with Crippen molar-refractivity contribution in [2.24, 2.45) is 0 Å². The lowest BCUT2D eigenvalue weighted by molar-refractivity contribution is -0.211. The largest absolute Gasteiger partial charge is 0.394 e. The van der Waals surface area contributed by atoms with Crippen molar-refractivity contribution in [3.8, 4) is 0 Å². The molecule has 0 aromatic heterocycles. The molecule has 184 valence electrons. The van der Waals surface area contributed by atoms with Crippen LogP contribution in [0.2, 0.25) is 0 Å². The predicted molar refractivity (Wildman–Crippen MR) is 127 cm³/mol. The van der Waals surface area contributed by atoms with Crippen molar-refractivity contribution in [1.82, 2.24) is 0 Å². The summed E-state index contributed by atoms with van der Waals surface area (Å²) in [6.07, 6.45) is 22.2. The van der Waals surface area contributed by atoms with E-state index in [1.807, 2.05) is 0 Å². The average molecular weight is 443 g/mol. The molecule has 0 unspecified atom stereocenters. The summed E-state index contributed by atoms with van der Waals surface area (Å²) in [6, 6.07) is 0. The minimum absolute atomic E-state index is 0.0395. The summed E-state index contributed by atoms with van der Waals surface area (Å²) >= 11 is 0. The second-order valence-corrected chi connectivity index (χ2v) is 9.09. The van der Waals surface area contributed by atoms with Crippen molar-refractivity contribution < 1.29 is 24.8 Å². The Morgan fingerprint density at radius 1 is 0.774 bits per heavy atom. The van der Waals surface area contributed by atoms with Crippen molar-refractivity contribution >= 4 is 0 Å². The van der Waals surface area contributed by atoms with Crippen LogP contribution in [0.15, 0.2) is 12.2 Å². The van der Waals surface area contributed by atoms with Gasteiger partial charge in [0.25, 0.3) is 0 Å². The molecule has 0 bridgehead atoms. The van der Waals surface area contributed by atoms with Gasteiger partial charge in [0.2, 0.25) is 0 Å². The van der Waals surface area contributed by atoms with E-state index in [4.69, 9.17) is 9.47 Å². The maximum atomic E-state index is 10.0. The standard InChI is InChI=1S/C26H50O5/c1-2-3-4-5-6-7-8-9-10-11-12-13-14-15-16-17-18-19-20-30-26-24(21-27)31-22-23(28)25(26)29/h14-15,23-29H,2-13,16-22H2,1H3/b15-14+/t23-,24+,25+,26+/m0/s1. The molecule has 1 fully saturated rings. The summed E-state index contributed by atoms with van der Waals surface area (Å²) in [7, 11) is 0. The maximum Gasteiger partial charge on any atom is 0.114 e. The molecule has 0 amide bonds. The van der Waals surface area contributed by atoms with Crippen LogP contribution in [-0.2, 0) is 9.47 Å². The molecule has 3 N–H and O–H groups in total. The van der Waals surface area contributed by atoms with E-state index in [1.54, 1.807) is 0 Å². The van der Waals surface area contributed by atoms with Crippen LogP contribution in [0, 0.1) is 0 Å². The number of unbranched alkanes of at least 4 members (excludes halogenated alkanes) is 14. The SMILES string of the molecule is CCCCCCCCCCCCC/C=C/CCCCCO[C@H]1[C@H](O)[C@@H](O)CO[C@@H]1CO. The molecule has 4 atom stereocenters. The second kappa shape index (κ2) is 20.2. The quantitative estimate of drug-likeness (QED) is 0.176. The lowest BCUT2D eigenvalue weighted by Gasteiger charge is -2.37. The highest BCUT2D eigenvalue weighted by Gasteiger charge is 2.39. The predicted octanol–water partition coefficient (Wildman–Crippen LogP) is 5.30. The molecular weight excluding hydrogens is 392 g/mol. The molecule has 1 saturated heterocycles. The fourth-order valence-electron chi connectivity index (χ4n) is 4.14. The highest BCUT2D eigenvalue weighted by molar-refractivity contribution is 4.87. The maximum absolute atomic E-state index is 10.0. The smallest absolute Gasteiger partial charge is 0.114 e. The van der Waals surface area contributed by atoms with Crippen molar-refractivity contribution in [2.45, 2.75) is 134 Å². The summed E-state index contributed by atoms with van der Waals surface area (Å²) in [5.74, 6) is 0. The van der Waals surface area contributed by atoms with Gasteiger partial charge in [0.05, 0.1) is 13.2 Å². The van der Waals surface area contributed by atoms with Gasteiger partial charge in [-0.25, -0.2) is 0 Å². The van der Waals surface area contributed by atoms with Gasteiger partial charge in [-0.2, -0.15) is 0 Å². The van der Waals surface area contributed by atoms with Gasteiger partial charge in [-0.1, -0.05) is 89.7 Å². The summed E-state index contributed by atoms with van der Waals surface area (Å²) in [5, 5.41) is 29.0. The Balaban J connectivity index is 1.85. The van der Waals surface area contributed by atoms with Gasteiger partial charge < -0.3 is 24.8 Å². The molecule has 1 aliphatic rings. The number of allylic oxidation sites excluding steroid dienone is 2. The minimum atomic E-state index is -0.996. The lowest BCUT2D eigenvalue weighted by Crippen LogP contribution is -2.55. The Bertz CT molecular complexity index is 413. The number of rotatable bonds is 20. The van der Waals surface area contributed by atoms with E-state index in [0.717, 1.165) is 25.7 Å². The summed E-state index contributed by atoms with van der Waals surface area (Å²) in [5.41, 5.74) is 0. The van der Waals surface area contributed by atoms with Crippen molar-refractivity contribution in [3.63, 3.8) is 0 Å². The molecule has 0 saturated carbocycles. The zero-order valence-electron chi connectivity index (χ0n) is 20.1. The highest BCUT2D eigenvalue weighted by atomic mass is 16.6. The number of ether oxygens (including phenoxy) is 2. The topological polar surface area (TPSA) is 79.2 Å². The molecule has 0 aromatic rings. The zero-order valence-corrected chi connectivity index (χ0v) is 20.1. The first-order valence-electron chi connectivity index (χ1n) is 13.1. The number of aliphatic hydroxyl groups is 3. The average Bonchev–Trinajstić information content (AvgIpc) is 2.78. The Labute approximate surface area is 191 Å². The van der Waals surface area contributed by atoms with Crippen LogP contribution in [-0.4, -0.2) is 59.6 Å². The summed E-state index contributed by atoms with van der Waals surface area (Å²) < 4.78 is 11.0. The first-order chi connectivity index (χ1) is 15.2. The Morgan fingerprint density at radius 2 is 1.29 bits per heavy atom. The molecule has 0 radical (unpaired) electrons. The van der Waals surface area contributed by atoms with Crippen LogP contribution >= 0.6 is 0 Å². The fourth-order valence-corrected chi connectivity index (χ4v) is 4.14. The van der Waals surface area contributed by atoms with Gasteiger partial charge in [-0.3, -0.25) is 0 Å². The third-order valence-electron chi connectivity index (χ3n) is 6.22. The van der Waals surface area contributed by atoms with Crippen molar-refractivity contribution in [3.05, 3.63) is 12.2 Å². The van der Waals surface area contributed by atoms with Gasteiger partial charge in [0.15, 0.2) is 0 Å². The first kappa shape index (κ1) is 28.6. The monoisotopic (exact) mass is 442 g/mol. The molecular formula is C26H50O5. The third kappa shape index (κ3) is 14.3. The number of aliphatic hydroxyl groups excluding tert-OH is 3. The number of hydrogen-bond donors (Lipinski definition) is 3. The second-order valence-electron chi connectivity index (χ2n) is 9.09. The summed E-state index contributed by atoms with van der Waals surface area (Å²) in [6.45, 7) is 2.61. The Hall–Kier alpha value is -0.460. The molecule has 31 heavy (non-hydrogen) atoms. The van der Waals surface area contributed by atoms with E-state index in [-0.39, 0.29) is 13.2 Å². The van der Waals surface area contributed by atoms with Gasteiger partial charge >= 0.3 is 0 Å². The third-order valence-corrected chi connectivity index (χ3v) is 6.22. The number of hydrogen-bond acceptors (Lipinski definition) is 5. The van der Waals surface area contributed by atoms with Crippen LogP contribution in [0.4, 0.5) is 0 Å². The highest BCUT2D eigenvalue weighted by Crippen LogP contribution is 2.19. The van der Waals surface area contributed by atoms with E-state index >= 15 is 0 Å². The van der Waals surface area contributed by atoms with Gasteiger partial charge in [-0.05, 0) is 32.1 Å². The van der Waals surface area contributed by atoms with E-state index in [0.29, 0.717) is 6.61 Å². The van der Waals surface area contributed by atoms with Gasteiger partial charge in [0, 0.05) is 6.61 Å². The minimum Gasteiger partial charge on any atom is -0.394 e. The van der Waals surface area contributed by atoms with Crippen LogP contribution in [0.5, 0.6) is 0 Å². The summed E-state index contributed by atoms with van der Waals surface area (Å²) in [4.78, 5) is 0. The fraction of sp³-hybridized carbons (Fsp3) is 0.923. The van der Waals surface area contributed by atoms with Gasteiger partial charge in [-0.15, -0.1) is 0 Å². The van der Waals surface area contributed by atoms with Gasteiger partial charge in [0.1, 0.15) is 24.4 Å². The molecule has 5 nitrogen and oxygen atoms in total. The van der Waals surface area contributed by atoms with Crippen LogP contribution in [0.25, 0.3) is 0 Å². The molecule has 1 aliphatic heterocycles. The van der Waals surface area contributed by atoms with Crippen LogP contribution < -0.4 is 0 Å². The van der Waals surface area contributed by atoms with E-state index < -0.39 is 24.4 Å². The molecule has 5 heteroatoms. The Morgan fingerprint density at radius 3 is 1.84 bits per heavy atom. The molecule has 1 heterocycles. The van der Waals surface area contributed by atoms with E-state index in [9.17, 15) is 15.3 Å². The van der Waals surface area contributed by atoms with Crippen LogP contribution in [0.1, 0.15) is 110 Å².